The molecule has 80 valence electrons. The second kappa shape index (κ2) is 6.49. The number of nitrogens with one attached hydrogen (secondary N) is 1. The lowest BCUT2D eigenvalue weighted by molar-refractivity contribution is 0.438. The van der Waals surface area contributed by atoms with Crippen LogP contribution in [0.2, 0.25) is 0 Å². The number of rotatable bonds is 6. The van der Waals surface area contributed by atoms with Gasteiger partial charge in [0.1, 0.15) is 0 Å². The van der Waals surface area contributed by atoms with Crippen LogP contribution in [0.3, 0.4) is 0 Å². The molecule has 3 heteroatoms. The lowest BCUT2D eigenvalue weighted by atomic mass is 10.1. The Hall–Kier alpha value is 0.01000. The molecule has 1 N–H and O–H groups in total. The summed E-state index contributed by atoms with van der Waals surface area (Å²) in [5.41, 5.74) is 0. The molecule has 14 heavy (non-hydrogen) atoms. The maximum absolute atomic E-state index is 3.53. The van der Waals surface area contributed by atoms with Crippen molar-refractivity contribution in [2.24, 2.45) is 5.92 Å². The van der Waals surface area contributed by atoms with E-state index in [-0.39, 0.29) is 0 Å². The van der Waals surface area contributed by atoms with Crippen LogP contribution in [0.5, 0.6) is 0 Å². The fraction of sp³-hybridized carbons (Fsp3) is 0.636. The maximum Gasteiger partial charge on any atom is 0.0598 e. The van der Waals surface area contributed by atoms with Gasteiger partial charge in [0.05, 0.1) is 4.21 Å². The van der Waals surface area contributed by atoms with E-state index in [1.165, 1.54) is 4.21 Å². The fourth-order valence-electron chi connectivity index (χ4n) is 1.02. The first-order valence-corrected chi connectivity index (χ1v) is 6.96. The van der Waals surface area contributed by atoms with Crippen LogP contribution >= 0.6 is 23.1 Å². The van der Waals surface area contributed by atoms with Gasteiger partial charge in [0.2, 0.25) is 0 Å². The summed E-state index contributed by atoms with van der Waals surface area (Å²) in [6, 6.07) is 4.91. The quantitative estimate of drug-likeness (QED) is 0.592. The molecule has 0 aliphatic rings. The van der Waals surface area contributed by atoms with Crippen molar-refractivity contribution in [1.29, 1.82) is 0 Å². The largest absolute Gasteiger partial charge is 0.313 e. The highest BCUT2D eigenvalue weighted by molar-refractivity contribution is 8.01. The number of hydrogen-bond acceptors (Lipinski definition) is 3. The maximum atomic E-state index is 3.53. The molecule has 0 spiro atoms. The van der Waals surface area contributed by atoms with E-state index in [4.69, 9.17) is 0 Å². The van der Waals surface area contributed by atoms with Crippen LogP contribution < -0.4 is 5.32 Å². The van der Waals surface area contributed by atoms with E-state index in [0.717, 1.165) is 18.2 Å². The van der Waals surface area contributed by atoms with Gasteiger partial charge in [-0.3, -0.25) is 0 Å². The Morgan fingerprint density at radius 1 is 1.43 bits per heavy atom. The molecule has 0 fully saturated rings. The molecule has 1 atom stereocenters. The Bertz CT molecular complexity index is 231. The lowest BCUT2D eigenvalue weighted by Gasteiger charge is -2.16. The Morgan fingerprint density at radius 2 is 2.21 bits per heavy atom. The zero-order valence-corrected chi connectivity index (χ0v) is 10.8. The van der Waals surface area contributed by atoms with E-state index < -0.39 is 0 Å². The van der Waals surface area contributed by atoms with Crippen LogP contribution in [0.25, 0.3) is 0 Å². The molecule has 0 aliphatic heterocycles. The van der Waals surface area contributed by atoms with Gasteiger partial charge in [0.15, 0.2) is 0 Å². The van der Waals surface area contributed by atoms with Crippen LogP contribution in [0.1, 0.15) is 20.8 Å². The van der Waals surface area contributed by atoms with Crippen molar-refractivity contribution in [3.8, 4) is 0 Å². The normalized spacial score (nSPS) is 13.4. The van der Waals surface area contributed by atoms with Crippen molar-refractivity contribution >= 4 is 23.1 Å². The summed E-state index contributed by atoms with van der Waals surface area (Å²) < 4.78 is 1.42. The minimum Gasteiger partial charge on any atom is -0.313 e. The van der Waals surface area contributed by atoms with E-state index in [2.05, 4.69) is 43.6 Å². The van der Waals surface area contributed by atoms with E-state index in [1.807, 2.05) is 23.1 Å². The van der Waals surface area contributed by atoms with Crippen LogP contribution in [0.4, 0.5) is 0 Å². The highest BCUT2D eigenvalue weighted by Crippen LogP contribution is 2.22. The lowest BCUT2D eigenvalue weighted by Crippen LogP contribution is -2.32. The van der Waals surface area contributed by atoms with E-state index in [9.17, 15) is 0 Å². The standard InChI is InChI=1S/C11H19NS2/c1-9(2)10(3)12-6-8-14-11-5-4-7-13-11/h4-5,7,9-10,12H,6,8H2,1-3H3. The predicted molar refractivity (Wildman–Crippen MR) is 67.3 cm³/mol. The van der Waals surface area contributed by atoms with E-state index in [0.29, 0.717) is 6.04 Å². The van der Waals surface area contributed by atoms with Gasteiger partial charge in [0.25, 0.3) is 0 Å². The van der Waals surface area contributed by atoms with Crippen molar-refractivity contribution in [2.45, 2.75) is 31.0 Å². The third kappa shape index (κ3) is 4.49. The van der Waals surface area contributed by atoms with Crippen molar-refractivity contribution in [3.63, 3.8) is 0 Å². The zero-order chi connectivity index (χ0) is 10.4. The van der Waals surface area contributed by atoms with Crippen LogP contribution in [-0.4, -0.2) is 18.3 Å². The smallest absolute Gasteiger partial charge is 0.0598 e. The highest BCUT2D eigenvalue weighted by atomic mass is 32.2. The summed E-state index contributed by atoms with van der Waals surface area (Å²) >= 11 is 3.76. The fourth-order valence-corrected chi connectivity index (χ4v) is 2.75. The summed E-state index contributed by atoms with van der Waals surface area (Å²) in [6.07, 6.45) is 0. The van der Waals surface area contributed by atoms with Crippen molar-refractivity contribution in [1.82, 2.24) is 5.32 Å². The Morgan fingerprint density at radius 3 is 2.79 bits per heavy atom. The summed E-state index contributed by atoms with van der Waals surface area (Å²) in [6.45, 7) is 7.86. The average molecular weight is 229 g/mol. The summed E-state index contributed by atoms with van der Waals surface area (Å²) in [5.74, 6) is 1.89. The second-order valence-corrected chi connectivity index (χ2v) is 6.11. The van der Waals surface area contributed by atoms with Crippen molar-refractivity contribution in [3.05, 3.63) is 17.5 Å². The Kier molecular flexibility index (Phi) is 5.60. The molecule has 0 saturated heterocycles. The SMILES string of the molecule is CC(C)C(C)NCCSc1cccs1. The monoisotopic (exact) mass is 229 g/mol. The molecule has 1 aromatic heterocycles. The predicted octanol–water partition coefficient (Wildman–Crippen LogP) is 3.47. The molecule has 1 unspecified atom stereocenters. The number of hydrogen-bond donors (Lipinski definition) is 1. The van der Waals surface area contributed by atoms with Gasteiger partial charge in [0, 0.05) is 18.3 Å². The number of thiophene rings is 1. The molecule has 0 aromatic carbocycles. The first kappa shape index (κ1) is 12.1. The van der Waals surface area contributed by atoms with Crippen LogP contribution in [0.15, 0.2) is 21.7 Å². The first-order chi connectivity index (χ1) is 6.70. The van der Waals surface area contributed by atoms with Crippen molar-refractivity contribution < 1.29 is 0 Å². The summed E-state index contributed by atoms with van der Waals surface area (Å²) in [7, 11) is 0. The minimum atomic E-state index is 0.624. The first-order valence-electron chi connectivity index (χ1n) is 5.10. The average Bonchev–Trinajstić information content (AvgIpc) is 2.64. The Labute approximate surface area is 95.3 Å². The summed E-state index contributed by atoms with van der Waals surface area (Å²) in [5, 5.41) is 5.66. The molecule has 0 saturated carbocycles. The molecule has 1 aromatic rings. The minimum absolute atomic E-state index is 0.624. The van der Waals surface area contributed by atoms with Gasteiger partial charge in [-0.25, -0.2) is 0 Å². The summed E-state index contributed by atoms with van der Waals surface area (Å²) in [4.78, 5) is 0. The van der Waals surface area contributed by atoms with Crippen molar-refractivity contribution in [2.75, 3.05) is 12.3 Å². The molecule has 1 nitrogen and oxygen atoms in total. The molecule has 0 bridgehead atoms. The molecule has 1 rings (SSSR count). The zero-order valence-electron chi connectivity index (χ0n) is 9.12. The van der Waals surface area contributed by atoms with Gasteiger partial charge >= 0.3 is 0 Å². The van der Waals surface area contributed by atoms with Crippen LogP contribution in [0, 0.1) is 5.92 Å². The molecule has 0 radical (unpaired) electrons. The van der Waals surface area contributed by atoms with Crippen LogP contribution in [-0.2, 0) is 0 Å². The number of thioether (sulfide) groups is 1. The molecule has 1 heterocycles. The highest BCUT2D eigenvalue weighted by Gasteiger charge is 2.04. The molecular weight excluding hydrogens is 210 g/mol. The molecule has 0 aliphatic carbocycles. The second-order valence-electron chi connectivity index (χ2n) is 3.77. The van der Waals surface area contributed by atoms with Gasteiger partial charge in [-0.05, 0) is 24.3 Å². The van der Waals surface area contributed by atoms with Gasteiger partial charge < -0.3 is 5.32 Å². The van der Waals surface area contributed by atoms with Gasteiger partial charge in [-0.2, -0.15) is 0 Å². The molecule has 0 amide bonds. The third-order valence-electron chi connectivity index (χ3n) is 2.31. The topological polar surface area (TPSA) is 12.0 Å². The Balaban J connectivity index is 2.05. The van der Waals surface area contributed by atoms with Gasteiger partial charge in [-0.15, -0.1) is 23.1 Å². The third-order valence-corrected chi connectivity index (χ3v) is 4.44. The molecular formula is C11H19NS2. The van der Waals surface area contributed by atoms with E-state index >= 15 is 0 Å². The van der Waals surface area contributed by atoms with E-state index in [1.54, 1.807) is 0 Å². The van der Waals surface area contributed by atoms with Gasteiger partial charge in [-0.1, -0.05) is 19.9 Å².